The van der Waals surface area contributed by atoms with Crippen LogP contribution in [0.1, 0.15) is 71.2 Å². The van der Waals surface area contributed by atoms with Crippen LogP contribution < -0.4 is 5.32 Å². The molecule has 7 nitrogen and oxygen atoms in total. The third-order valence-electron chi connectivity index (χ3n) is 6.43. The van der Waals surface area contributed by atoms with Crippen molar-refractivity contribution < 1.29 is 9.59 Å². The van der Waals surface area contributed by atoms with Gasteiger partial charge in [0.1, 0.15) is 0 Å². The first-order chi connectivity index (χ1) is 15.7. The molecule has 1 fully saturated rings. The van der Waals surface area contributed by atoms with Crippen molar-refractivity contribution in [1.29, 1.82) is 0 Å². The normalized spacial score (nSPS) is 16.1. The van der Waals surface area contributed by atoms with Crippen molar-refractivity contribution in [2.45, 2.75) is 65.8 Å². The van der Waals surface area contributed by atoms with E-state index in [1.807, 2.05) is 74.4 Å². The summed E-state index contributed by atoms with van der Waals surface area (Å²) < 4.78 is 1.89. The number of fused-ring (bicyclic) bond motifs is 1. The van der Waals surface area contributed by atoms with Crippen molar-refractivity contribution in [3.8, 4) is 0 Å². The van der Waals surface area contributed by atoms with Gasteiger partial charge in [-0.05, 0) is 65.2 Å². The molecule has 1 aliphatic heterocycles. The molecule has 0 aliphatic carbocycles. The Morgan fingerprint density at radius 2 is 1.88 bits per heavy atom. The minimum atomic E-state index is 0.0503. The van der Waals surface area contributed by atoms with Crippen LogP contribution in [0, 0.1) is 20.8 Å². The quantitative estimate of drug-likeness (QED) is 0.624. The molecule has 174 valence electrons. The molecule has 4 rings (SSSR count). The van der Waals surface area contributed by atoms with Gasteiger partial charge in [0.15, 0.2) is 5.65 Å². The smallest absolute Gasteiger partial charge is 0.253 e. The van der Waals surface area contributed by atoms with Crippen molar-refractivity contribution in [2.24, 2.45) is 0 Å². The Bertz CT molecular complexity index is 1180. The number of carbonyl (C=O) groups excluding carboxylic acids is 2. The highest BCUT2D eigenvalue weighted by Gasteiger charge is 2.30. The molecule has 3 aromatic rings. The lowest BCUT2D eigenvalue weighted by Crippen LogP contribution is -2.30. The van der Waals surface area contributed by atoms with Gasteiger partial charge < -0.3 is 10.2 Å². The highest BCUT2D eigenvalue weighted by molar-refractivity contribution is 5.94. The van der Waals surface area contributed by atoms with Crippen molar-refractivity contribution >= 4 is 17.5 Å². The van der Waals surface area contributed by atoms with Crippen LogP contribution in [-0.2, 0) is 11.2 Å². The molecule has 1 aromatic carbocycles. The maximum absolute atomic E-state index is 12.9. The molecular weight excluding hydrogens is 414 g/mol. The minimum absolute atomic E-state index is 0.0503. The summed E-state index contributed by atoms with van der Waals surface area (Å²) in [7, 11) is 0. The molecular formula is C26H33N5O2. The Labute approximate surface area is 195 Å². The molecule has 1 aliphatic rings. The van der Waals surface area contributed by atoms with Crippen LogP contribution in [0.15, 0.2) is 30.3 Å². The van der Waals surface area contributed by atoms with Gasteiger partial charge in [0.25, 0.3) is 5.91 Å². The highest BCUT2D eigenvalue weighted by Crippen LogP contribution is 2.29. The van der Waals surface area contributed by atoms with E-state index in [-0.39, 0.29) is 23.8 Å². The van der Waals surface area contributed by atoms with Crippen LogP contribution in [0.2, 0.25) is 0 Å². The Balaban J connectivity index is 1.50. The van der Waals surface area contributed by atoms with Gasteiger partial charge in [-0.2, -0.15) is 5.10 Å². The SMILES string of the molecule is Cc1ccc(C(=O)N2CC[C@H](c3cc4nc(C)c(CCC(=O)NC(C)C)c(C)n4n3)C2)cc1. The second-order valence-electron chi connectivity index (χ2n) is 9.43. The molecule has 1 saturated heterocycles. The van der Waals surface area contributed by atoms with E-state index >= 15 is 0 Å². The monoisotopic (exact) mass is 447 g/mol. The van der Waals surface area contributed by atoms with Gasteiger partial charge >= 0.3 is 0 Å². The Kier molecular flexibility index (Phi) is 6.49. The van der Waals surface area contributed by atoms with Crippen LogP contribution in [-0.4, -0.2) is 50.4 Å². The number of benzene rings is 1. The van der Waals surface area contributed by atoms with Crippen LogP contribution in [0.25, 0.3) is 5.65 Å². The van der Waals surface area contributed by atoms with Crippen LogP contribution in [0.3, 0.4) is 0 Å². The number of aromatic nitrogens is 3. The molecule has 0 bridgehead atoms. The number of hydrogen-bond acceptors (Lipinski definition) is 4. The number of rotatable bonds is 6. The fourth-order valence-corrected chi connectivity index (χ4v) is 4.60. The summed E-state index contributed by atoms with van der Waals surface area (Å²) in [4.78, 5) is 31.7. The summed E-state index contributed by atoms with van der Waals surface area (Å²) >= 11 is 0. The number of amides is 2. The van der Waals surface area contributed by atoms with Crippen LogP contribution in [0.4, 0.5) is 0 Å². The van der Waals surface area contributed by atoms with Gasteiger partial charge in [0.05, 0.1) is 5.69 Å². The maximum atomic E-state index is 12.9. The molecule has 3 heterocycles. The van der Waals surface area contributed by atoms with E-state index < -0.39 is 0 Å². The van der Waals surface area contributed by atoms with Gasteiger partial charge in [-0.1, -0.05) is 17.7 Å². The number of nitrogens with one attached hydrogen (secondary N) is 1. The number of nitrogens with zero attached hydrogens (tertiary/aromatic N) is 4. The van der Waals surface area contributed by atoms with Crippen LogP contribution >= 0.6 is 0 Å². The predicted molar refractivity (Wildman–Crippen MR) is 129 cm³/mol. The van der Waals surface area contributed by atoms with Gasteiger partial charge in [-0.3, -0.25) is 9.59 Å². The van der Waals surface area contributed by atoms with Crippen molar-refractivity contribution in [3.05, 3.63) is 64.1 Å². The summed E-state index contributed by atoms with van der Waals surface area (Å²) in [5.41, 5.74) is 6.69. The summed E-state index contributed by atoms with van der Waals surface area (Å²) in [6.45, 7) is 11.4. The largest absolute Gasteiger partial charge is 0.354 e. The molecule has 7 heteroatoms. The molecule has 1 N–H and O–H groups in total. The Morgan fingerprint density at radius 3 is 2.58 bits per heavy atom. The lowest BCUT2D eigenvalue weighted by Gasteiger charge is -2.16. The van der Waals surface area contributed by atoms with Gasteiger partial charge in [-0.25, -0.2) is 9.50 Å². The molecule has 2 amide bonds. The predicted octanol–water partition coefficient (Wildman–Crippen LogP) is 3.74. The van der Waals surface area contributed by atoms with Crippen molar-refractivity contribution in [3.63, 3.8) is 0 Å². The first-order valence-electron chi connectivity index (χ1n) is 11.7. The van der Waals surface area contributed by atoms with Crippen molar-refractivity contribution in [1.82, 2.24) is 24.8 Å². The fraction of sp³-hybridized carbons (Fsp3) is 0.462. The zero-order chi connectivity index (χ0) is 23.7. The average molecular weight is 448 g/mol. The fourth-order valence-electron chi connectivity index (χ4n) is 4.60. The summed E-state index contributed by atoms with van der Waals surface area (Å²) in [5, 5.41) is 7.81. The van der Waals surface area contributed by atoms with Gasteiger partial charge in [0, 0.05) is 54.5 Å². The van der Waals surface area contributed by atoms with E-state index in [4.69, 9.17) is 10.1 Å². The Morgan fingerprint density at radius 1 is 1.15 bits per heavy atom. The number of hydrogen-bond donors (Lipinski definition) is 1. The van der Waals surface area contributed by atoms with Crippen molar-refractivity contribution in [2.75, 3.05) is 13.1 Å². The van der Waals surface area contributed by atoms with E-state index in [9.17, 15) is 9.59 Å². The topological polar surface area (TPSA) is 79.6 Å². The maximum Gasteiger partial charge on any atom is 0.253 e. The zero-order valence-electron chi connectivity index (χ0n) is 20.2. The lowest BCUT2D eigenvalue weighted by atomic mass is 10.1. The summed E-state index contributed by atoms with van der Waals surface area (Å²) in [5.74, 6) is 0.323. The van der Waals surface area contributed by atoms with Gasteiger partial charge in [-0.15, -0.1) is 0 Å². The number of aryl methyl sites for hydroxylation is 3. The van der Waals surface area contributed by atoms with E-state index in [1.165, 1.54) is 0 Å². The molecule has 0 spiro atoms. The number of likely N-dealkylation sites (tertiary alicyclic amines) is 1. The lowest BCUT2D eigenvalue weighted by molar-refractivity contribution is -0.121. The zero-order valence-corrected chi connectivity index (χ0v) is 20.2. The molecule has 0 unspecified atom stereocenters. The second kappa shape index (κ2) is 9.33. The standard InChI is InChI=1S/C26H33N5O2/c1-16(2)27-25(32)11-10-22-18(4)28-24-14-23(29-31(24)19(22)5)21-12-13-30(15-21)26(33)20-8-6-17(3)7-9-20/h6-9,14,16,21H,10-13,15H2,1-5H3,(H,27,32)/t21-/m0/s1. The molecule has 2 aromatic heterocycles. The molecule has 0 radical (unpaired) electrons. The average Bonchev–Trinajstić information content (AvgIpc) is 3.40. The van der Waals surface area contributed by atoms with E-state index in [1.54, 1.807) is 0 Å². The highest BCUT2D eigenvalue weighted by atomic mass is 16.2. The molecule has 1 atom stereocenters. The minimum Gasteiger partial charge on any atom is -0.354 e. The van der Waals surface area contributed by atoms with E-state index in [0.29, 0.717) is 19.4 Å². The molecule has 33 heavy (non-hydrogen) atoms. The number of carbonyl (C=O) groups is 2. The molecule has 0 saturated carbocycles. The third kappa shape index (κ3) is 4.92. The summed E-state index contributed by atoms with van der Waals surface area (Å²) in [6.07, 6.45) is 1.96. The van der Waals surface area contributed by atoms with E-state index in [2.05, 4.69) is 5.32 Å². The second-order valence-corrected chi connectivity index (χ2v) is 9.43. The van der Waals surface area contributed by atoms with Crippen LogP contribution in [0.5, 0.6) is 0 Å². The van der Waals surface area contributed by atoms with E-state index in [0.717, 1.165) is 52.4 Å². The third-order valence-corrected chi connectivity index (χ3v) is 6.43. The first kappa shape index (κ1) is 23.0. The summed E-state index contributed by atoms with van der Waals surface area (Å²) in [6, 6.07) is 9.93. The Hall–Kier alpha value is -3.22. The first-order valence-corrected chi connectivity index (χ1v) is 11.7. The van der Waals surface area contributed by atoms with Gasteiger partial charge in [0.2, 0.25) is 5.91 Å².